The molecular weight excluding hydrogens is 376 g/mol. The molecule has 0 saturated heterocycles. The zero-order valence-corrected chi connectivity index (χ0v) is 20.3. The summed E-state index contributed by atoms with van der Waals surface area (Å²) in [4.78, 5) is 0. The van der Waals surface area contributed by atoms with E-state index in [-0.39, 0.29) is 0 Å². The number of hydrogen-bond donors (Lipinski definition) is 1. The van der Waals surface area contributed by atoms with Gasteiger partial charge in [-0.3, -0.25) is 0 Å². The lowest BCUT2D eigenvalue weighted by atomic mass is 9.75. The minimum absolute atomic E-state index is 0.325. The Labute approximate surface area is 190 Å². The van der Waals surface area contributed by atoms with E-state index in [1.54, 1.807) is 11.6 Å². The Hall–Kier alpha value is -2.28. The van der Waals surface area contributed by atoms with Gasteiger partial charge in [-0.2, -0.15) is 0 Å². The molecule has 166 valence electrons. The molecule has 1 heteroatoms. The summed E-state index contributed by atoms with van der Waals surface area (Å²) in [7, 11) is 0. The van der Waals surface area contributed by atoms with Gasteiger partial charge in [-0.05, 0) is 113 Å². The quantitative estimate of drug-likeness (QED) is 0.331. The van der Waals surface area contributed by atoms with E-state index in [0.29, 0.717) is 11.7 Å². The third-order valence-electron chi connectivity index (χ3n) is 6.61. The number of phenols is 1. The first-order valence-electron chi connectivity index (χ1n) is 12.1. The highest BCUT2D eigenvalue weighted by Crippen LogP contribution is 2.45. The maximum atomic E-state index is 10.4. The smallest absolute Gasteiger partial charge is 0.116 e. The van der Waals surface area contributed by atoms with Gasteiger partial charge in [-0.1, -0.05) is 60.4 Å². The molecule has 1 aromatic rings. The second-order valence-electron chi connectivity index (χ2n) is 9.68. The van der Waals surface area contributed by atoms with Crippen molar-refractivity contribution in [3.63, 3.8) is 0 Å². The minimum Gasteiger partial charge on any atom is -0.508 e. The second-order valence-corrected chi connectivity index (χ2v) is 9.68. The molecule has 0 bridgehead atoms. The number of aromatic hydroxyl groups is 1. The summed E-state index contributed by atoms with van der Waals surface area (Å²) in [5.74, 6) is 0.697. The molecule has 0 heterocycles. The molecule has 0 radical (unpaired) electrons. The van der Waals surface area contributed by atoms with E-state index in [9.17, 15) is 5.11 Å². The standard InChI is InChI=1S/C30H40O/c1-7-11-24(18-23-16-17-23)28(20(2)3)30(25-13-10-14-26(31)19-25)29(21(4)5)27-15-9-8-12-22(27)6/h10,13-14,18-19,24,31H,2,7-9,11-12,15-17H2,1,3-6H3/b30-28+. The number of phenolic OH excluding ortho intramolecular Hbond substituents is 1. The van der Waals surface area contributed by atoms with Gasteiger partial charge in [-0.25, -0.2) is 0 Å². The van der Waals surface area contributed by atoms with Crippen LogP contribution in [-0.4, -0.2) is 5.11 Å². The highest BCUT2D eigenvalue weighted by molar-refractivity contribution is 5.89. The summed E-state index contributed by atoms with van der Waals surface area (Å²) in [5.41, 5.74) is 12.2. The van der Waals surface area contributed by atoms with Gasteiger partial charge in [0.25, 0.3) is 0 Å². The number of hydrogen-bond acceptors (Lipinski definition) is 1. The van der Waals surface area contributed by atoms with Crippen molar-refractivity contribution in [2.45, 2.75) is 86.0 Å². The Morgan fingerprint density at radius 2 is 1.77 bits per heavy atom. The topological polar surface area (TPSA) is 20.2 Å². The van der Waals surface area contributed by atoms with Crippen LogP contribution in [0.2, 0.25) is 0 Å². The van der Waals surface area contributed by atoms with Gasteiger partial charge in [0, 0.05) is 5.92 Å². The van der Waals surface area contributed by atoms with Crippen molar-refractivity contribution in [1.82, 2.24) is 0 Å². The molecule has 0 spiro atoms. The highest BCUT2D eigenvalue weighted by Gasteiger charge is 2.26. The van der Waals surface area contributed by atoms with Crippen molar-refractivity contribution in [2.75, 3.05) is 0 Å². The maximum Gasteiger partial charge on any atom is 0.116 e. The fourth-order valence-electron chi connectivity index (χ4n) is 5.05. The fraction of sp³-hybridized carbons (Fsp3) is 0.467. The number of rotatable bonds is 8. The van der Waals surface area contributed by atoms with Gasteiger partial charge < -0.3 is 5.11 Å². The zero-order valence-electron chi connectivity index (χ0n) is 20.3. The Bertz CT molecular complexity index is 954. The molecule has 1 N–H and O–H groups in total. The maximum absolute atomic E-state index is 10.4. The van der Waals surface area contributed by atoms with E-state index >= 15 is 0 Å². The van der Waals surface area contributed by atoms with Crippen LogP contribution in [0.25, 0.3) is 5.57 Å². The van der Waals surface area contributed by atoms with Crippen molar-refractivity contribution < 1.29 is 5.11 Å². The van der Waals surface area contributed by atoms with Crippen molar-refractivity contribution in [3.8, 4) is 5.75 Å². The SMILES string of the molecule is C=C(C)/C(=C(\C(=C(C)C)C1=C(C)CCCC1)c1cccc(O)c1)C(C=C1CC1)CCC. The van der Waals surface area contributed by atoms with E-state index in [1.165, 1.54) is 65.5 Å². The molecule has 1 unspecified atom stereocenters. The van der Waals surface area contributed by atoms with Crippen LogP contribution in [0.15, 0.2) is 75.9 Å². The lowest BCUT2D eigenvalue weighted by Crippen LogP contribution is -2.11. The molecule has 1 saturated carbocycles. The molecule has 2 aliphatic rings. The summed E-state index contributed by atoms with van der Waals surface area (Å²) in [6.45, 7) is 15.7. The van der Waals surface area contributed by atoms with Crippen LogP contribution in [0, 0.1) is 5.92 Å². The van der Waals surface area contributed by atoms with Crippen LogP contribution >= 0.6 is 0 Å². The molecular formula is C30H40O. The largest absolute Gasteiger partial charge is 0.508 e. The Balaban J connectivity index is 2.36. The van der Waals surface area contributed by atoms with Gasteiger partial charge in [0.05, 0.1) is 0 Å². The van der Waals surface area contributed by atoms with E-state index in [4.69, 9.17) is 0 Å². The first-order chi connectivity index (χ1) is 14.8. The third-order valence-corrected chi connectivity index (χ3v) is 6.61. The lowest BCUT2D eigenvalue weighted by Gasteiger charge is -2.29. The molecule has 31 heavy (non-hydrogen) atoms. The van der Waals surface area contributed by atoms with E-state index < -0.39 is 0 Å². The lowest BCUT2D eigenvalue weighted by molar-refractivity contribution is 0.475. The van der Waals surface area contributed by atoms with Gasteiger partial charge in [0.2, 0.25) is 0 Å². The first kappa shape index (κ1) is 23.4. The Kier molecular flexibility index (Phi) is 7.81. The molecule has 1 fully saturated rings. The van der Waals surface area contributed by atoms with E-state index in [2.05, 4.69) is 53.3 Å². The van der Waals surface area contributed by atoms with Crippen LogP contribution in [0.1, 0.15) is 91.5 Å². The molecule has 2 aliphatic carbocycles. The van der Waals surface area contributed by atoms with Crippen LogP contribution < -0.4 is 0 Å². The van der Waals surface area contributed by atoms with Crippen molar-refractivity contribution in [3.05, 3.63) is 81.5 Å². The van der Waals surface area contributed by atoms with E-state index in [0.717, 1.165) is 30.4 Å². The predicted octanol–water partition coefficient (Wildman–Crippen LogP) is 9.09. The molecule has 0 aromatic heterocycles. The molecule has 0 amide bonds. The van der Waals surface area contributed by atoms with Gasteiger partial charge in [-0.15, -0.1) is 0 Å². The Morgan fingerprint density at radius 3 is 2.32 bits per heavy atom. The zero-order chi connectivity index (χ0) is 22.5. The van der Waals surface area contributed by atoms with Gasteiger partial charge >= 0.3 is 0 Å². The summed E-state index contributed by atoms with van der Waals surface area (Å²) >= 11 is 0. The van der Waals surface area contributed by atoms with Crippen molar-refractivity contribution in [2.24, 2.45) is 5.92 Å². The molecule has 1 nitrogen and oxygen atoms in total. The minimum atomic E-state index is 0.325. The average molecular weight is 417 g/mol. The summed E-state index contributed by atoms with van der Waals surface area (Å²) in [6.07, 6.45) is 12.1. The van der Waals surface area contributed by atoms with Crippen LogP contribution in [0.3, 0.4) is 0 Å². The van der Waals surface area contributed by atoms with Gasteiger partial charge in [0.1, 0.15) is 5.75 Å². The molecule has 1 atom stereocenters. The normalized spacial score (nSPS) is 17.8. The fourth-order valence-corrected chi connectivity index (χ4v) is 5.05. The van der Waals surface area contributed by atoms with Crippen LogP contribution in [0.5, 0.6) is 5.75 Å². The van der Waals surface area contributed by atoms with Gasteiger partial charge in [0.15, 0.2) is 0 Å². The first-order valence-corrected chi connectivity index (χ1v) is 12.1. The molecule has 3 rings (SSSR count). The summed E-state index contributed by atoms with van der Waals surface area (Å²) < 4.78 is 0. The van der Waals surface area contributed by atoms with Crippen LogP contribution in [-0.2, 0) is 0 Å². The highest BCUT2D eigenvalue weighted by atomic mass is 16.3. The molecule has 0 aliphatic heterocycles. The van der Waals surface area contributed by atoms with E-state index in [1.807, 2.05) is 12.1 Å². The average Bonchev–Trinajstić information content (AvgIpc) is 3.52. The predicted molar refractivity (Wildman–Crippen MR) is 135 cm³/mol. The number of benzene rings is 1. The van der Waals surface area contributed by atoms with Crippen molar-refractivity contribution in [1.29, 1.82) is 0 Å². The number of allylic oxidation sites excluding steroid dienone is 9. The molecule has 1 aromatic carbocycles. The third kappa shape index (κ3) is 5.70. The second kappa shape index (κ2) is 10.4. The summed E-state index contributed by atoms with van der Waals surface area (Å²) in [5, 5.41) is 10.4. The van der Waals surface area contributed by atoms with Crippen molar-refractivity contribution >= 4 is 5.57 Å². The summed E-state index contributed by atoms with van der Waals surface area (Å²) in [6, 6.07) is 7.84. The monoisotopic (exact) mass is 416 g/mol. The Morgan fingerprint density at radius 1 is 1.06 bits per heavy atom. The van der Waals surface area contributed by atoms with Crippen LogP contribution in [0.4, 0.5) is 0 Å².